The van der Waals surface area contributed by atoms with Gasteiger partial charge in [0.15, 0.2) is 11.0 Å². The van der Waals surface area contributed by atoms with E-state index in [0.717, 1.165) is 17.5 Å². The van der Waals surface area contributed by atoms with E-state index in [0.29, 0.717) is 11.2 Å². The highest BCUT2D eigenvalue weighted by Gasteiger charge is 2.24. The van der Waals surface area contributed by atoms with E-state index >= 15 is 0 Å². The van der Waals surface area contributed by atoms with Crippen molar-refractivity contribution < 1.29 is 0 Å². The molecule has 2 heterocycles. The van der Waals surface area contributed by atoms with Crippen LogP contribution in [0, 0.1) is 5.92 Å². The summed E-state index contributed by atoms with van der Waals surface area (Å²) in [5.74, 6) is 1.59. The normalized spacial score (nSPS) is 21.7. The highest BCUT2D eigenvalue weighted by Crippen LogP contribution is 2.27. The summed E-state index contributed by atoms with van der Waals surface area (Å²) in [6, 6.07) is 0.139. The largest absolute Gasteiger partial charge is 0.355 e. The van der Waals surface area contributed by atoms with Crippen LogP contribution in [0.25, 0.3) is 0 Å². The van der Waals surface area contributed by atoms with Gasteiger partial charge in [0.05, 0.1) is 12.6 Å². The van der Waals surface area contributed by atoms with Gasteiger partial charge in [-0.2, -0.15) is 0 Å². The van der Waals surface area contributed by atoms with Crippen LogP contribution in [0.3, 0.4) is 0 Å². The first-order valence-electron chi connectivity index (χ1n) is 5.89. The SMILES string of the molecule is CC(NC1=NCC(C(C)C)S1)c1nncn1C. The molecule has 1 aliphatic heterocycles. The lowest BCUT2D eigenvalue weighted by molar-refractivity contribution is 0.618. The molecular formula is C11H19N5S. The van der Waals surface area contributed by atoms with E-state index in [1.165, 1.54) is 0 Å². The summed E-state index contributed by atoms with van der Waals surface area (Å²) in [5, 5.41) is 13.0. The summed E-state index contributed by atoms with van der Waals surface area (Å²) in [6.45, 7) is 7.47. The first-order valence-corrected chi connectivity index (χ1v) is 6.77. The van der Waals surface area contributed by atoms with Crippen LogP contribution in [0.4, 0.5) is 0 Å². The average Bonchev–Trinajstić information content (AvgIpc) is 2.86. The predicted octanol–water partition coefficient (Wildman–Crippen LogP) is 1.59. The van der Waals surface area contributed by atoms with Gasteiger partial charge in [-0.25, -0.2) is 0 Å². The van der Waals surface area contributed by atoms with E-state index in [1.54, 1.807) is 6.33 Å². The molecule has 17 heavy (non-hydrogen) atoms. The van der Waals surface area contributed by atoms with Gasteiger partial charge in [-0.1, -0.05) is 25.6 Å². The van der Waals surface area contributed by atoms with Gasteiger partial charge >= 0.3 is 0 Å². The molecule has 2 rings (SSSR count). The highest BCUT2D eigenvalue weighted by molar-refractivity contribution is 8.14. The van der Waals surface area contributed by atoms with Gasteiger partial charge in [0, 0.05) is 12.3 Å². The molecule has 1 aromatic heterocycles. The van der Waals surface area contributed by atoms with Crippen molar-refractivity contribution >= 4 is 16.9 Å². The Morgan fingerprint density at radius 1 is 1.47 bits per heavy atom. The number of aryl methyl sites for hydroxylation is 1. The lowest BCUT2D eigenvalue weighted by Gasteiger charge is -2.15. The van der Waals surface area contributed by atoms with Gasteiger partial charge in [-0.3, -0.25) is 4.99 Å². The minimum atomic E-state index is 0.139. The van der Waals surface area contributed by atoms with Crippen molar-refractivity contribution in [3.05, 3.63) is 12.2 Å². The zero-order valence-corrected chi connectivity index (χ0v) is 11.5. The molecule has 0 aromatic carbocycles. The summed E-state index contributed by atoms with van der Waals surface area (Å²) in [4.78, 5) is 4.53. The zero-order valence-electron chi connectivity index (χ0n) is 10.7. The quantitative estimate of drug-likeness (QED) is 0.889. The molecule has 5 nitrogen and oxygen atoms in total. The number of hydrogen-bond acceptors (Lipinski definition) is 5. The van der Waals surface area contributed by atoms with Gasteiger partial charge in [0.2, 0.25) is 0 Å². The summed E-state index contributed by atoms with van der Waals surface area (Å²) < 4.78 is 1.93. The number of aromatic nitrogens is 3. The molecule has 6 heteroatoms. The summed E-state index contributed by atoms with van der Waals surface area (Å²) >= 11 is 1.83. The smallest absolute Gasteiger partial charge is 0.157 e. The van der Waals surface area contributed by atoms with E-state index in [-0.39, 0.29) is 6.04 Å². The van der Waals surface area contributed by atoms with Crippen molar-refractivity contribution in [1.29, 1.82) is 0 Å². The molecule has 0 radical (unpaired) electrons. The Morgan fingerprint density at radius 3 is 2.76 bits per heavy atom. The van der Waals surface area contributed by atoms with Crippen molar-refractivity contribution in [2.45, 2.75) is 32.1 Å². The fourth-order valence-electron chi connectivity index (χ4n) is 1.75. The Hall–Kier alpha value is -1.04. The summed E-state index contributed by atoms with van der Waals surface area (Å²) in [7, 11) is 1.95. The fourth-order valence-corrected chi connectivity index (χ4v) is 2.85. The number of aliphatic imine (C=N–C) groups is 1. The minimum Gasteiger partial charge on any atom is -0.355 e. The van der Waals surface area contributed by atoms with E-state index in [4.69, 9.17) is 0 Å². The third-order valence-corrected chi connectivity index (χ3v) is 4.36. The van der Waals surface area contributed by atoms with Gasteiger partial charge in [-0.15, -0.1) is 10.2 Å². The fraction of sp³-hybridized carbons (Fsp3) is 0.727. The van der Waals surface area contributed by atoms with E-state index in [9.17, 15) is 0 Å². The second-order valence-corrected chi connectivity index (χ2v) is 5.94. The summed E-state index contributed by atoms with van der Waals surface area (Å²) in [6.07, 6.45) is 1.72. The van der Waals surface area contributed by atoms with Crippen LogP contribution in [-0.2, 0) is 7.05 Å². The Morgan fingerprint density at radius 2 is 2.24 bits per heavy atom. The minimum absolute atomic E-state index is 0.139. The van der Waals surface area contributed by atoms with Crippen LogP contribution >= 0.6 is 11.8 Å². The predicted molar refractivity (Wildman–Crippen MR) is 71.1 cm³/mol. The van der Waals surface area contributed by atoms with Gasteiger partial charge < -0.3 is 9.88 Å². The van der Waals surface area contributed by atoms with Crippen LogP contribution in [0.5, 0.6) is 0 Å². The molecule has 1 aromatic rings. The molecule has 1 N–H and O–H groups in total. The van der Waals surface area contributed by atoms with Crippen LogP contribution in [0.2, 0.25) is 0 Å². The third-order valence-electron chi connectivity index (χ3n) is 2.90. The molecule has 0 fully saturated rings. The first-order chi connectivity index (χ1) is 8.08. The maximum absolute atomic E-state index is 4.53. The van der Waals surface area contributed by atoms with Crippen molar-refractivity contribution in [2.75, 3.05) is 6.54 Å². The average molecular weight is 253 g/mol. The molecule has 2 unspecified atom stereocenters. The molecule has 0 saturated carbocycles. The number of nitrogens with one attached hydrogen (secondary N) is 1. The number of rotatable bonds is 3. The topological polar surface area (TPSA) is 55.1 Å². The van der Waals surface area contributed by atoms with Gasteiger partial charge in [0.1, 0.15) is 6.33 Å². The second-order valence-electron chi connectivity index (χ2n) is 4.71. The Labute approximate surface area is 106 Å². The van der Waals surface area contributed by atoms with Gasteiger partial charge in [0.25, 0.3) is 0 Å². The third kappa shape index (κ3) is 2.80. The number of amidine groups is 1. The monoisotopic (exact) mass is 253 g/mol. The van der Waals surface area contributed by atoms with Crippen LogP contribution in [-0.4, -0.2) is 31.7 Å². The van der Waals surface area contributed by atoms with Crippen molar-refractivity contribution in [3.8, 4) is 0 Å². The summed E-state index contributed by atoms with van der Waals surface area (Å²) in [5.41, 5.74) is 0. The zero-order chi connectivity index (χ0) is 12.4. The highest BCUT2D eigenvalue weighted by atomic mass is 32.2. The van der Waals surface area contributed by atoms with Crippen molar-refractivity contribution in [1.82, 2.24) is 20.1 Å². The Balaban J connectivity index is 1.93. The number of thioether (sulfide) groups is 1. The van der Waals surface area contributed by atoms with E-state index < -0.39 is 0 Å². The molecule has 0 bridgehead atoms. The van der Waals surface area contributed by atoms with E-state index in [2.05, 4.69) is 41.3 Å². The van der Waals surface area contributed by atoms with Gasteiger partial charge in [-0.05, 0) is 12.8 Å². The maximum atomic E-state index is 4.53. The molecule has 0 aliphatic carbocycles. The van der Waals surface area contributed by atoms with Crippen LogP contribution in [0.1, 0.15) is 32.6 Å². The molecular weight excluding hydrogens is 234 g/mol. The lowest BCUT2D eigenvalue weighted by Crippen LogP contribution is -2.26. The first kappa shape index (κ1) is 12.4. The van der Waals surface area contributed by atoms with Crippen LogP contribution in [0.15, 0.2) is 11.3 Å². The Kier molecular flexibility index (Phi) is 3.71. The number of nitrogens with zero attached hydrogens (tertiary/aromatic N) is 4. The van der Waals surface area contributed by atoms with E-state index in [1.807, 2.05) is 23.4 Å². The molecule has 2 atom stereocenters. The molecule has 1 aliphatic rings. The Bertz CT molecular complexity index is 412. The molecule has 0 saturated heterocycles. The molecule has 0 spiro atoms. The van der Waals surface area contributed by atoms with Crippen molar-refractivity contribution in [2.24, 2.45) is 18.0 Å². The van der Waals surface area contributed by atoms with Crippen LogP contribution < -0.4 is 5.32 Å². The second kappa shape index (κ2) is 5.08. The van der Waals surface area contributed by atoms with Crippen molar-refractivity contribution in [3.63, 3.8) is 0 Å². The molecule has 94 valence electrons. The maximum Gasteiger partial charge on any atom is 0.157 e. The molecule has 0 amide bonds. The number of hydrogen-bond donors (Lipinski definition) is 1. The lowest BCUT2D eigenvalue weighted by atomic mass is 10.1. The standard InChI is InChI=1S/C11H19N5S/c1-7(2)9-5-12-11(17-9)14-8(3)10-15-13-6-16(10)4/h6-9H,5H2,1-4H3,(H,12,14).